The summed E-state index contributed by atoms with van der Waals surface area (Å²) in [5, 5.41) is 10.3. The highest BCUT2D eigenvalue weighted by atomic mass is 16.5. The highest BCUT2D eigenvalue weighted by Crippen LogP contribution is 2.25. The van der Waals surface area contributed by atoms with Crippen LogP contribution in [0.25, 0.3) is 0 Å². The number of aliphatic hydroxyl groups is 1. The molecule has 0 amide bonds. The third-order valence-electron chi connectivity index (χ3n) is 5.62. The number of unbranched alkanes of at least 4 members (excludes halogenated alkanes) is 1. The second kappa shape index (κ2) is 11.4. The van der Waals surface area contributed by atoms with Crippen LogP contribution in [-0.2, 0) is 11.2 Å². The maximum atomic E-state index is 10.3. The third kappa shape index (κ3) is 6.49. The molecule has 0 spiro atoms. The van der Waals surface area contributed by atoms with Gasteiger partial charge in [0.2, 0.25) is 0 Å². The summed E-state index contributed by atoms with van der Waals surface area (Å²) in [6.07, 6.45) is 2.59. The Balaban J connectivity index is 1.60. The van der Waals surface area contributed by atoms with Crippen molar-refractivity contribution in [1.82, 2.24) is 14.9 Å². The van der Waals surface area contributed by atoms with E-state index in [0.717, 1.165) is 69.4 Å². The quantitative estimate of drug-likeness (QED) is 0.606. The normalized spacial score (nSPS) is 16.1. The van der Waals surface area contributed by atoms with E-state index < -0.39 is 6.10 Å². The summed E-state index contributed by atoms with van der Waals surface area (Å²) in [6.45, 7) is 11.7. The minimum atomic E-state index is -0.425. The van der Waals surface area contributed by atoms with Gasteiger partial charge in [0.25, 0.3) is 0 Å². The number of nitrogens with zero attached hydrogens (tertiary/aromatic N) is 4. The number of β-amino-alcohol motifs (C(OH)–C–C–N with tert-alkyl or cyclic N) is 1. The van der Waals surface area contributed by atoms with E-state index in [-0.39, 0.29) is 0 Å². The number of hydrogen-bond acceptors (Lipinski definition) is 6. The molecule has 1 fully saturated rings. The van der Waals surface area contributed by atoms with Crippen molar-refractivity contribution >= 4 is 5.82 Å². The molecule has 3 rings (SSSR count). The predicted molar refractivity (Wildman–Crippen MR) is 121 cm³/mol. The molecule has 1 aromatic carbocycles. The van der Waals surface area contributed by atoms with E-state index in [9.17, 15) is 5.11 Å². The average Bonchev–Trinajstić information content (AvgIpc) is 2.74. The summed E-state index contributed by atoms with van der Waals surface area (Å²) in [5.41, 5.74) is 3.55. The number of hydrogen-bond donors (Lipinski definition) is 1. The average molecular weight is 413 g/mol. The van der Waals surface area contributed by atoms with Crippen molar-refractivity contribution in [3.63, 3.8) is 0 Å². The summed E-state index contributed by atoms with van der Waals surface area (Å²) < 4.78 is 5.56. The molecule has 0 saturated carbocycles. The summed E-state index contributed by atoms with van der Waals surface area (Å²) in [4.78, 5) is 14.1. The van der Waals surface area contributed by atoms with Gasteiger partial charge in [-0.2, -0.15) is 0 Å². The molecular formula is C24H36N4O2. The van der Waals surface area contributed by atoms with Crippen LogP contribution < -0.4 is 4.90 Å². The van der Waals surface area contributed by atoms with E-state index in [1.807, 2.05) is 13.0 Å². The smallest absolute Gasteiger partial charge is 0.136 e. The number of anilines is 1. The Morgan fingerprint density at radius 2 is 1.80 bits per heavy atom. The van der Waals surface area contributed by atoms with Crippen LogP contribution >= 0.6 is 0 Å². The molecule has 1 aliphatic rings. The summed E-state index contributed by atoms with van der Waals surface area (Å²) in [7, 11) is 0. The van der Waals surface area contributed by atoms with Gasteiger partial charge in [-0.25, -0.2) is 9.97 Å². The minimum absolute atomic E-state index is 0.422. The van der Waals surface area contributed by atoms with Gasteiger partial charge < -0.3 is 14.7 Å². The van der Waals surface area contributed by atoms with Gasteiger partial charge >= 0.3 is 0 Å². The molecule has 1 aromatic heterocycles. The fraction of sp³-hybridized carbons (Fsp3) is 0.583. The summed E-state index contributed by atoms with van der Waals surface area (Å²) in [5.74, 6) is 1.88. The first kappa shape index (κ1) is 22.7. The number of rotatable bonds is 10. The van der Waals surface area contributed by atoms with Crippen LogP contribution in [0.5, 0.6) is 0 Å². The largest absolute Gasteiger partial charge is 0.389 e. The van der Waals surface area contributed by atoms with Crippen LogP contribution in [0.2, 0.25) is 0 Å². The van der Waals surface area contributed by atoms with Gasteiger partial charge in [0.15, 0.2) is 0 Å². The van der Waals surface area contributed by atoms with Crippen LogP contribution in [0.3, 0.4) is 0 Å². The highest BCUT2D eigenvalue weighted by Gasteiger charge is 2.23. The molecule has 1 aliphatic heterocycles. The topological polar surface area (TPSA) is 61.7 Å². The van der Waals surface area contributed by atoms with Crippen molar-refractivity contribution in [2.45, 2.75) is 46.1 Å². The van der Waals surface area contributed by atoms with Gasteiger partial charge in [0.05, 0.1) is 12.7 Å². The van der Waals surface area contributed by atoms with Gasteiger partial charge in [0, 0.05) is 57.0 Å². The van der Waals surface area contributed by atoms with Gasteiger partial charge in [-0.05, 0) is 25.8 Å². The molecule has 6 nitrogen and oxygen atoms in total. The number of aliphatic hydroxyl groups excluding tert-OH is 1. The standard InChI is InChI=1S/C24H36N4O2/c1-4-5-15-30-18-22(29)17-27-11-13-28(14-12-27)24-23(19(2)25-20(3)26-24)16-21-9-7-6-8-10-21/h6-10,22,29H,4-5,11-18H2,1-3H3/t22-/m1/s1. The molecule has 0 bridgehead atoms. The molecule has 2 heterocycles. The zero-order chi connectivity index (χ0) is 21.3. The third-order valence-corrected chi connectivity index (χ3v) is 5.62. The second-order valence-corrected chi connectivity index (χ2v) is 8.19. The van der Waals surface area contributed by atoms with Crippen molar-refractivity contribution in [3.05, 3.63) is 53.0 Å². The van der Waals surface area contributed by atoms with E-state index in [0.29, 0.717) is 13.2 Å². The SMILES string of the molecule is CCCCOC[C@H](O)CN1CCN(c2nc(C)nc(C)c2Cc2ccccc2)CC1. The van der Waals surface area contributed by atoms with Gasteiger partial charge in [-0.3, -0.25) is 4.90 Å². The van der Waals surface area contributed by atoms with Crippen molar-refractivity contribution in [2.24, 2.45) is 0 Å². The number of aryl methyl sites for hydroxylation is 2. The first-order chi connectivity index (χ1) is 14.6. The van der Waals surface area contributed by atoms with Crippen LogP contribution in [0, 0.1) is 13.8 Å². The van der Waals surface area contributed by atoms with E-state index in [4.69, 9.17) is 9.72 Å². The maximum absolute atomic E-state index is 10.3. The van der Waals surface area contributed by atoms with E-state index in [1.54, 1.807) is 0 Å². The Bertz CT molecular complexity index is 776. The van der Waals surface area contributed by atoms with Crippen molar-refractivity contribution < 1.29 is 9.84 Å². The van der Waals surface area contributed by atoms with Crippen LogP contribution in [0.1, 0.15) is 42.4 Å². The molecular weight excluding hydrogens is 376 g/mol. The van der Waals surface area contributed by atoms with Gasteiger partial charge in [-0.15, -0.1) is 0 Å². The number of piperazine rings is 1. The number of benzene rings is 1. The zero-order valence-electron chi connectivity index (χ0n) is 18.7. The number of aromatic nitrogens is 2. The van der Waals surface area contributed by atoms with E-state index >= 15 is 0 Å². The Morgan fingerprint density at radius 1 is 1.07 bits per heavy atom. The predicted octanol–water partition coefficient (Wildman–Crippen LogP) is 2.98. The monoisotopic (exact) mass is 412 g/mol. The fourth-order valence-electron chi connectivity index (χ4n) is 3.95. The molecule has 164 valence electrons. The molecule has 1 saturated heterocycles. The van der Waals surface area contributed by atoms with Gasteiger partial charge in [0.1, 0.15) is 11.6 Å². The Hall–Kier alpha value is -2.02. The molecule has 0 aliphatic carbocycles. The van der Waals surface area contributed by atoms with Crippen LogP contribution in [0.15, 0.2) is 30.3 Å². The van der Waals surface area contributed by atoms with Crippen LogP contribution in [-0.4, -0.2) is 72.0 Å². The Kier molecular flexibility index (Phi) is 8.61. The summed E-state index contributed by atoms with van der Waals surface area (Å²) >= 11 is 0. The second-order valence-electron chi connectivity index (χ2n) is 8.19. The Morgan fingerprint density at radius 3 is 2.50 bits per heavy atom. The lowest BCUT2D eigenvalue weighted by molar-refractivity contribution is 0.0150. The molecule has 1 atom stereocenters. The van der Waals surface area contributed by atoms with Crippen molar-refractivity contribution in [2.75, 3.05) is 50.8 Å². The molecule has 2 aromatic rings. The number of ether oxygens (including phenoxy) is 1. The highest BCUT2D eigenvalue weighted by molar-refractivity contribution is 5.51. The maximum Gasteiger partial charge on any atom is 0.136 e. The molecule has 0 unspecified atom stereocenters. The summed E-state index contributed by atoms with van der Waals surface area (Å²) in [6, 6.07) is 10.5. The van der Waals surface area contributed by atoms with E-state index in [1.165, 1.54) is 11.1 Å². The van der Waals surface area contributed by atoms with Crippen LogP contribution in [0.4, 0.5) is 5.82 Å². The lowest BCUT2D eigenvalue weighted by atomic mass is 10.0. The lowest BCUT2D eigenvalue weighted by Gasteiger charge is -2.37. The zero-order valence-corrected chi connectivity index (χ0v) is 18.7. The first-order valence-corrected chi connectivity index (χ1v) is 11.2. The minimum Gasteiger partial charge on any atom is -0.389 e. The van der Waals surface area contributed by atoms with E-state index in [2.05, 4.69) is 52.9 Å². The van der Waals surface area contributed by atoms with Crippen molar-refractivity contribution in [1.29, 1.82) is 0 Å². The Labute approximate surface area is 180 Å². The molecule has 0 radical (unpaired) electrons. The van der Waals surface area contributed by atoms with Gasteiger partial charge in [-0.1, -0.05) is 43.7 Å². The van der Waals surface area contributed by atoms with Crippen molar-refractivity contribution in [3.8, 4) is 0 Å². The fourth-order valence-corrected chi connectivity index (χ4v) is 3.95. The molecule has 30 heavy (non-hydrogen) atoms. The molecule has 1 N–H and O–H groups in total. The molecule has 6 heteroatoms. The lowest BCUT2D eigenvalue weighted by Crippen LogP contribution is -2.49. The first-order valence-electron chi connectivity index (χ1n) is 11.2.